The Labute approximate surface area is 119 Å². The molecule has 2 aromatic rings. The second-order valence-corrected chi connectivity index (χ2v) is 5.31. The Balaban J connectivity index is 1.86. The summed E-state index contributed by atoms with van der Waals surface area (Å²) in [4.78, 5) is 4.00. The fourth-order valence-electron chi connectivity index (χ4n) is 1.85. The largest absolute Gasteiger partial charge is 0.462 e. The van der Waals surface area contributed by atoms with Crippen LogP contribution in [0.3, 0.4) is 0 Å². The number of furan rings is 1. The molecule has 0 saturated heterocycles. The molecule has 0 unspecified atom stereocenters. The van der Waals surface area contributed by atoms with E-state index < -0.39 is 0 Å². The molecule has 0 atom stereocenters. The van der Waals surface area contributed by atoms with E-state index in [1.807, 2.05) is 13.0 Å². The summed E-state index contributed by atoms with van der Waals surface area (Å²) in [6, 6.07) is 2.38. The standard InChI is InChI=1S/C14H22N4O2/c1-10(2)6-15-7-12-5-13(20-11(12)3)8-19-14-16-9-18(4)17-14/h5,9-10,15H,6-8H2,1-4H3. The molecule has 110 valence electrons. The maximum Gasteiger partial charge on any atom is 0.335 e. The zero-order valence-electron chi connectivity index (χ0n) is 12.5. The van der Waals surface area contributed by atoms with Crippen LogP contribution in [0.2, 0.25) is 0 Å². The Hall–Kier alpha value is -1.82. The predicted molar refractivity (Wildman–Crippen MR) is 75.3 cm³/mol. The molecule has 0 aliphatic heterocycles. The lowest BCUT2D eigenvalue weighted by atomic mass is 10.2. The van der Waals surface area contributed by atoms with Gasteiger partial charge in [-0.1, -0.05) is 13.8 Å². The third kappa shape index (κ3) is 4.09. The molecule has 2 rings (SSSR count). The number of aryl methyl sites for hydroxylation is 2. The third-order valence-corrected chi connectivity index (χ3v) is 2.86. The molecule has 0 spiro atoms. The van der Waals surface area contributed by atoms with Crippen LogP contribution in [0.25, 0.3) is 0 Å². The first kappa shape index (κ1) is 14.6. The second kappa shape index (κ2) is 6.56. The Morgan fingerprint density at radius 3 is 2.90 bits per heavy atom. The van der Waals surface area contributed by atoms with E-state index in [-0.39, 0.29) is 0 Å². The van der Waals surface area contributed by atoms with Gasteiger partial charge in [0.15, 0.2) is 0 Å². The minimum absolute atomic E-state index is 0.342. The highest BCUT2D eigenvalue weighted by atomic mass is 16.5. The molecule has 0 fully saturated rings. The lowest BCUT2D eigenvalue weighted by molar-refractivity contribution is 0.247. The SMILES string of the molecule is Cc1oc(COc2ncn(C)n2)cc1CNCC(C)C. The second-order valence-electron chi connectivity index (χ2n) is 5.31. The van der Waals surface area contributed by atoms with E-state index in [1.165, 1.54) is 5.56 Å². The summed E-state index contributed by atoms with van der Waals surface area (Å²) >= 11 is 0. The molecular formula is C14H22N4O2. The molecule has 0 saturated carbocycles. The number of nitrogens with zero attached hydrogens (tertiary/aromatic N) is 3. The van der Waals surface area contributed by atoms with Crippen molar-refractivity contribution >= 4 is 0 Å². The van der Waals surface area contributed by atoms with Crippen LogP contribution in [-0.4, -0.2) is 21.3 Å². The first-order chi connectivity index (χ1) is 9.54. The van der Waals surface area contributed by atoms with Crippen LogP contribution in [0, 0.1) is 12.8 Å². The van der Waals surface area contributed by atoms with Gasteiger partial charge in [0, 0.05) is 19.2 Å². The molecule has 0 radical (unpaired) electrons. The summed E-state index contributed by atoms with van der Waals surface area (Å²) in [6.45, 7) is 8.50. The summed E-state index contributed by atoms with van der Waals surface area (Å²) in [6.07, 6.45) is 1.60. The zero-order valence-corrected chi connectivity index (χ0v) is 12.5. The Morgan fingerprint density at radius 1 is 1.45 bits per heavy atom. The van der Waals surface area contributed by atoms with Crippen LogP contribution in [0.1, 0.15) is 30.9 Å². The van der Waals surface area contributed by atoms with Gasteiger partial charge in [-0.15, -0.1) is 5.10 Å². The average Bonchev–Trinajstić information content (AvgIpc) is 2.93. The van der Waals surface area contributed by atoms with E-state index in [2.05, 4.69) is 29.2 Å². The molecule has 0 aliphatic rings. The van der Waals surface area contributed by atoms with Gasteiger partial charge < -0.3 is 14.5 Å². The maximum absolute atomic E-state index is 5.67. The molecule has 0 amide bonds. The van der Waals surface area contributed by atoms with Crippen LogP contribution in [-0.2, 0) is 20.2 Å². The van der Waals surface area contributed by atoms with Gasteiger partial charge >= 0.3 is 6.01 Å². The fourth-order valence-corrected chi connectivity index (χ4v) is 1.85. The van der Waals surface area contributed by atoms with Gasteiger partial charge in [0.2, 0.25) is 0 Å². The molecule has 0 aromatic carbocycles. The van der Waals surface area contributed by atoms with Crippen molar-refractivity contribution in [2.45, 2.75) is 33.9 Å². The number of aromatic nitrogens is 3. The number of hydrogen-bond acceptors (Lipinski definition) is 5. The molecule has 1 N–H and O–H groups in total. The molecule has 6 heteroatoms. The van der Waals surface area contributed by atoms with E-state index in [0.717, 1.165) is 24.6 Å². The van der Waals surface area contributed by atoms with Crippen molar-refractivity contribution < 1.29 is 9.15 Å². The number of hydrogen-bond donors (Lipinski definition) is 1. The lowest BCUT2D eigenvalue weighted by Crippen LogP contribution is -2.18. The molecule has 2 aromatic heterocycles. The Bertz CT molecular complexity index is 545. The summed E-state index contributed by atoms with van der Waals surface area (Å²) in [5.41, 5.74) is 1.17. The van der Waals surface area contributed by atoms with Gasteiger partial charge in [-0.2, -0.15) is 4.98 Å². The van der Waals surface area contributed by atoms with E-state index >= 15 is 0 Å². The van der Waals surface area contributed by atoms with Crippen LogP contribution >= 0.6 is 0 Å². The molecule has 0 aliphatic carbocycles. The van der Waals surface area contributed by atoms with Crippen molar-refractivity contribution in [2.24, 2.45) is 13.0 Å². The maximum atomic E-state index is 5.67. The minimum Gasteiger partial charge on any atom is -0.462 e. The fraction of sp³-hybridized carbons (Fsp3) is 0.571. The van der Waals surface area contributed by atoms with E-state index in [9.17, 15) is 0 Å². The average molecular weight is 278 g/mol. The Morgan fingerprint density at radius 2 is 2.25 bits per heavy atom. The van der Waals surface area contributed by atoms with Crippen molar-refractivity contribution in [2.75, 3.05) is 6.54 Å². The van der Waals surface area contributed by atoms with E-state index in [4.69, 9.17) is 9.15 Å². The molecule has 2 heterocycles. The topological polar surface area (TPSA) is 65.1 Å². The van der Waals surface area contributed by atoms with Crippen molar-refractivity contribution in [3.05, 3.63) is 29.5 Å². The summed E-state index contributed by atoms with van der Waals surface area (Å²) in [5, 5.41) is 7.46. The van der Waals surface area contributed by atoms with Crippen molar-refractivity contribution in [1.82, 2.24) is 20.1 Å². The number of ether oxygens (including phenoxy) is 1. The lowest BCUT2D eigenvalue weighted by Gasteiger charge is -2.05. The van der Waals surface area contributed by atoms with Crippen molar-refractivity contribution in [3.8, 4) is 6.01 Å². The summed E-state index contributed by atoms with van der Waals surface area (Å²) in [7, 11) is 1.80. The molecular weight excluding hydrogens is 256 g/mol. The van der Waals surface area contributed by atoms with Crippen LogP contribution in [0.4, 0.5) is 0 Å². The predicted octanol–water partition coefficient (Wildman–Crippen LogP) is 2.04. The summed E-state index contributed by atoms with van der Waals surface area (Å²) < 4.78 is 12.7. The zero-order chi connectivity index (χ0) is 14.5. The number of nitrogens with one attached hydrogen (secondary N) is 1. The van der Waals surface area contributed by atoms with Crippen LogP contribution in [0.15, 0.2) is 16.8 Å². The quantitative estimate of drug-likeness (QED) is 0.839. The first-order valence-corrected chi connectivity index (χ1v) is 6.82. The molecule has 20 heavy (non-hydrogen) atoms. The third-order valence-electron chi connectivity index (χ3n) is 2.86. The first-order valence-electron chi connectivity index (χ1n) is 6.82. The van der Waals surface area contributed by atoms with Gasteiger partial charge in [-0.3, -0.25) is 4.68 Å². The van der Waals surface area contributed by atoms with E-state index in [1.54, 1.807) is 18.1 Å². The van der Waals surface area contributed by atoms with Crippen molar-refractivity contribution in [1.29, 1.82) is 0 Å². The monoisotopic (exact) mass is 278 g/mol. The summed E-state index contributed by atoms with van der Waals surface area (Å²) in [5.74, 6) is 2.35. The highest BCUT2D eigenvalue weighted by molar-refractivity contribution is 5.20. The van der Waals surface area contributed by atoms with Gasteiger partial charge in [0.1, 0.15) is 24.5 Å². The minimum atomic E-state index is 0.342. The number of rotatable bonds is 7. The smallest absolute Gasteiger partial charge is 0.335 e. The Kier molecular flexibility index (Phi) is 4.79. The van der Waals surface area contributed by atoms with Gasteiger partial charge in [0.05, 0.1) is 0 Å². The highest BCUT2D eigenvalue weighted by Gasteiger charge is 2.09. The highest BCUT2D eigenvalue weighted by Crippen LogP contribution is 2.16. The van der Waals surface area contributed by atoms with Crippen LogP contribution < -0.4 is 10.1 Å². The van der Waals surface area contributed by atoms with Gasteiger partial charge in [0.25, 0.3) is 0 Å². The van der Waals surface area contributed by atoms with E-state index in [0.29, 0.717) is 18.5 Å². The molecule has 6 nitrogen and oxygen atoms in total. The van der Waals surface area contributed by atoms with Gasteiger partial charge in [-0.05, 0) is 25.5 Å². The van der Waals surface area contributed by atoms with Crippen LogP contribution in [0.5, 0.6) is 6.01 Å². The van der Waals surface area contributed by atoms with Gasteiger partial charge in [-0.25, -0.2) is 0 Å². The van der Waals surface area contributed by atoms with Crippen molar-refractivity contribution in [3.63, 3.8) is 0 Å². The normalized spacial score (nSPS) is 11.2. The molecule has 0 bridgehead atoms.